The van der Waals surface area contributed by atoms with E-state index in [1.807, 2.05) is 23.7 Å². The molecule has 1 N–H and O–H groups in total. The van der Waals surface area contributed by atoms with E-state index in [9.17, 15) is 9.18 Å². The van der Waals surface area contributed by atoms with Crippen LogP contribution in [0.3, 0.4) is 0 Å². The summed E-state index contributed by atoms with van der Waals surface area (Å²) in [5, 5.41) is 8.32. The normalized spacial score (nSPS) is 17.8. The number of halogens is 1. The van der Waals surface area contributed by atoms with Gasteiger partial charge in [0.15, 0.2) is 11.5 Å². The van der Waals surface area contributed by atoms with Gasteiger partial charge in [0.05, 0.1) is 23.4 Å². The van der Waals surface area contributed by atoms with Crippen LogP contribution >= 0.6 is 0 Å². The molecule has 1 aliphatic heterocycles. The summed E-state index contributed by atoms with van der Waals surface area (Å²) in [5.74, 6) is 2.95. The smallest absolute Gasteiger partial charge is 0.210 e. The van der Waals surface area contributed by atoms with Crippen LogP contribution in [0.5, 0.6) is 11.5 Å². The van der Waals surface area contributed by atoms with Crippen molar-refractivity contribution in [2.24, 2.45) is 13.0 Å². The maximum absolute atomic E-state index is 12.9. The number of rotatable bonds is 10. The number of hydrogen-bond donors (Lipinski definition) is 1. The Hall–Kier alpha value is -3.86. The number of ketones is 1. The van der Waals surface area contributed by atoms with Gasteiger partial charge in [-0.05, 0) is 25.3 Å². The van der Waals surface area contributed by atoms with Gasteiger partial charge in [0, 0.05) is 74.5 Å². The van der Waals surface area contributed by atoms with E-state index in [1.165, 1.54) is 0 Å². The highest BCUT2D eigenvalue weighted by Crippen LogP contribution is 2.33. The number of fused-ring (bicyclic) bond motifs is 1. The monoisotopic (exact) mass is 560 g/mol. The lowest BCUT2D eigenvalue weighted by molar-refractivity contribution is -0.119. The van der Waals surface area contributed by atoms with Gasteiger partial charge < -0.3 is 14.6 Å². The zero-order valence-electron chi connectivity index (χ0n) is 24.1. The highest BCUT2D eigenvalue weighted by atomic mass is 19.1. The molecule has 11 heteroatoms. The van der Waals surface area contributed by atoms with Gasteiger partial charge in [0.25, 0.3) is 0 Å². The summed E-state index contributed by atoms with van der Waals surface area (Å²) in [5.41, 5.74) is 3.10. The van der Waals surface area contributed by atoms with Crippen molar-refractivity contribution in [1.82, 2.24) is 34.2 Å². The molecule has 4 aromatic heterocycles. The molecule has 0 radical (unpaired) electrons. The average Bonchev–Trinajstić information content (AvgIpc) is 3.41. The van der Waals surface area contributed by atoms with Crippen LogP contribution in [0, 0.1) is 5.92 Å². The summed E-state index contributed by atoms with van der Waals surface area (Å²) < 4.78 is 23.0. The number of imidazole rings is 1. The summed E-state index contributed by atoms with van der Waals surface area (Å²) in [6, 6.07) is 7.76. The van der Waals surface area contributed by atoms with Crippen LogP contribution in [0.1, 0.15) is 57.5 Å². The molecular formula is C30H37FN8O2. The Balaban J connectivity index is 1.21. The summed E-state index contributed by atoms with van der Waals surface area (Å²) in [4.78, 5) is 27.9. The summed E-state index contributed by atoms with van der Waals surface area (Å²) in [6.07, 6.45) is 6.56. The molecule has 1 saturated heterocycles. The largest absolute Gasteiger partial charge is 0.456 e. The lowest BCUT2D eigenvalue weighted by atomic mass is 9.91. The molecule has 0 spiro atoms. The van der Waals surface area contributed by atoms with Crippen LogP contribution in [0.15, 0.2) is 36.7 Å². The van der Waals surface area contributed by atoms with E-state index in [4.69, 9.17) is 14.8 Å². The summed E-state index contributed by atoms with van der Waals surface area (Å²) in [6.45, 7) is 8.34. The van der Waals surface area contributed by atoms with E-state index in [-0.39, 0.29) is 29.8 Å². The van der Waals surface area contributed by atoms with Crippen LogP contribution < -0.4 is 10.1 Å². The number of ether oxygens (including phenoxy) is 1. The van der Waals surface area contributed by atoms with Crippen LogP contribution in [-0.4, -0.2) is 66.3 Å². The van der Waals surface area contributed by atoms with Crippen LogP contribution in [0.4, 0.5) is 16.2 Å². The molecule has 5 heterocycles. The fourth-order valence-corrected chi connectivity index (χ4v) is 5.44. The predicted molar refractivity (Wildman–Crippen MR) is 155 cm³/mol. The van der Waals surface area contributed by atoms with E-state index in [2.05, 4.69) is 51.7 Å². The van der Waals surface area contributed by atoms with Crippen molar-refractivity contribution in [3.8, 4) is 11.5 Å². The second-order valence-corrected chi connectivity index (χ2v) is 12.2. The number of Topliss-reactive ketones (excluding diaryl/α,β-unsaturated/α-hetero) is 1. The van der Waals surface area contributed by atoms with Crippen molar-refractivity contribution >= 4 is 28.7 Å². The fourth-order valence-electron chi connectivity index (χ4n) is 5.44. The molecule has 2 aliphatic rings. The minimum atomic E-state index is -0.330. The maximum atomic E-state index is 12.9. The molecule has 0 aromatic carbocycles. The number of carbonyl (C=O) groups excluding carboxylic acids is 1. The van der Waals surface area contributed by atoms with E-state index in [0.717, 1.165) is 43.6 Å². The molecule has 41 heavy (non-hydrogen) atoms. The first kappa shape index (κ1) is 27.3. The van der Waals surface area contributed by atoms with Crippen molar-refractivity contribution in [1.29, 1.82) is 0 Å². The first-order valence-corrected chi connectivity index (χ1v) is 14.3. The van der Waals surface area contributed by atoms with Crippen molar-refractivity contribution in [2.45, 2.75) is 57.9 Å². The minimum Gasteiger partial charge on any atom is -0.456 e. The Kier molecular flexibility index (Phi) is 7.23. The Labute approximate surface area is 238 Å². The molecule has 1 aliphatic carbocycles. The van der Waals surface area contributed by atoms with Gasteiger partial charge >= 0.3 is 0 Å². The molecule has 0 bridgehead atoms. The van der Waals surface area contributed by atoms with Gasteiger partial charge in [-0.15, -0.1) is 0 Å². The van der Waals surface area contributed by atoms with Gasteiger partial charge in [-0.1, -0.05) is 20.8 Å². The number of hydrogen-bond acceptors (Lipinski definition) is 8. The Bertz CT molecular complexity index is 1570. The lowest BCUT2D eigenvalue weighted by Crippen LogP contribution is -2.26. The van der Waals surface area contributed by atoms with Gasteiger partial charge in [-0.25, -0.2) is 9.37 Å². The number of anilines is 2. The maximum Gasteiger partial charge on any atom is 0.210 e. The topological polar surface area (TPSA) is 103 Å². The summed E-state index contributed by atoms with van der Waals surface area (Å²) in [7, 11) is 1.92. The van der Waals surface area contributed by atoms with Crippen molar-refractivity contribution in [3.05, 3.63) is 48.0 Å². The minimum absolute atomic E-state index is 0.113. The third-order valence-corrected chi connectivity index (χ3v) is 7.86. The van der Waals surface area contributed by atoms with E-state index >= 15 is 0 Å². The Morgan fingerprint density at radius 2 is 1.98 bits per heavy atom. The van der Waals surface area contributed by atoms with Gasteiger partial charge in [-0.3, -0.25) is 19.4 Å². The highest BCUT2D eigenvalue weighted by molar-refractivity contribution is 5.85. The fraction of sp³-hybridized carbons (Fsp3) is 0.500. The molecule has 10 nitrogen and oxygen atoms in total. The Morgan fingerprint density at radius 3 is 2.73 bits per heavy atom. The number of aryl methyl sites for hydroxylation is 1. The van der Waals surface area contributed by atoms with Gasteiger partial charge in [0.1, 0.15) is 24.0 Å². The number of carbonyl (C=O) groups is 1. The lowest BCUT2D eigenvalue weighted by Gasteiger charge is -2.23. The molecule has 0 unspecified atom stereocenters. The number of aromatic nitrogens is 6. The molecule has 1 atom stereocenters. The third-order valence-electron chi connectivity index (χ3n) is 7.86. The van der Waals surface area contributed by atoms with Crippen LogP contribution in [0.2, 0.25) is 0 Å². The second kappa shape index (κ2) is 10.8. The highest BCUT2D eigenvalue weighted by Gasteiger charge is 2.31. The van der Waals surface area contributed by atoms with Gasteiger partial charge in [0.2, 0.25) is 5.95 Å². The summed E-state index contributed by atoms with van der Waals surface area (Å²) >= 11 is 0. The second-order valence-electron chi connectivity index (χ2n) is 12.2. The van der Waals surface area contributed by atoms with E-state index < -0.39 is 0 Å². The number of alkyl halides is 1. The predicted octanol–water partition coefficient (Wildman–Crippen LogP) is 5.13. The molecule has 6 rings (SSSR count). The van der Waals surface area contributed by atoms with Crippen LogP contribution in [-0.2, 0) is 23.7 Å². The number of pyridine rings is 2. The zero-order valence-corrected chi connectivity index (χ0v) is 24.1. The van der Waals surface area contributed by atoms with Crippen molar-refractivity contribution in [3.63, 3.8) is 0 Å². The molecule has 4 aromatic rings. The standard InChI is InChI=1S/C30H37FN8O2/c1-30(2,3)26-16-27(36-39(26)21-8-11-38(18-21)12-9-31)34-29-35-28-24(37(29)4)15-23(17-33-28)41-22-7-10-32-20(13-22)14-25(40)19-5-6-19/h7,10,13,15-17,19,21H,5-6,8-9,11-12,14,18H2,1-4H3,(H,33,34,35,36)/t21-/m0/s1. The van der Waals surface area contributed by atoms with Crippen molar-refractivity contribution < 1.29 is 13.9 Å². The van der Waals surface area contributed by atoms with E-state index in [0.29, 0.717) is 47.6 Å². The average molecular weight is 561 g/mol. The van der Waals surface area contributed by atoms with Crippen LogP contribution in [0.25, 0.3) is 11.2 Å². The van der Waals surface area contributed by atoms with Crippen molar-refractivity contribution in [2.75, 3.05) is 31.6 Å². The number of nitrogens with zero attached hydrogens (tertiary/aromatic N) is 7. The first-order valence-electron chi connectivity index (χ1n) is 14.3. The molecule has 2 fully saturated rings. The Morgan fingerprint density at radius 1 is 1.15 bits per heavy atom. The first-order chi connectivity index (χ1) is 19.7. The van der Waals surface area contributed by atoms with Gasteiger partial charge in [-0.2, -0.15) is 10.1 Å². The molecule has 0 amide bonds. The number of likely N-dealkylation sites (tertiary alicyclic amines) is 1. The number of nitrogens with one attached hydrogen (secondary N) is 1. The van der Waals surface area contributed by atoms with E-state index in [1.54, 1.807) is 18.5 Å². The quantitative estimate of drug-likeness (QED) is 0.285. The third kappa shape index (κ3) is 5.95. The molecular weight excluding hydrogens is 523 g/mol. The zero-order chi connectivity index (χ0) is 28.7. The SMILES string of the molecule is Cn1c(Nc2cc(C(C)(C)C)n([C@H]3CCN(CCF)C3)n2)nc2ncc(Oc3ccnc(CC(=O)C4CC4)c3)cc21. The molecule has 1 saturated carbocycles. The molecule has 216 valence electrons.